The van der Waals surface area contributed by atoms with Crippen molar-refractivity contribution in [1.82, 2.24) is 34.1 Å². The lowest BCUT2D eigenvalue weighted by Gasteiger charge is -2.46. The molecule has 1 unspecified atom stereocenters. The van der Waals surface area contributed by atoms with Crippen LogP contribution < -0.4 is 4.74 Å². The van der Waals surface area contributed by atoms with Crippen molar-refractivity contribution in [2.45, 2.75) is 45.4 Å². The van der Waals surface area contributed by atoms with Gasteiger partial charge in [-0.05, 0) is 52.6 Å². The molecule has 0 amide bonds. The van der Waals surface area contributed by atoms with Crippen LogP contribution >= 0.6 is 0 Å². The second kappa shape index (κ2) is 7.76. The highest BCUT2D eigenvalue weighted by Gasteiger charge is 2.32. The van der Waals surface area contributed by atoms with Crippen LogP contribution in [0.3, 0.4) is 0 Å². The zero-order valence-electron chi connectivity index (χ0n) is 19.0. The minimum absolute atomic E-state index is 0.226. The van der Waals surface area contributed by atoms with Crippen molar-refractivity contribution in [3.05, 3.63) is 36.3 Å². The SMILES string of the molecule is CC(c1ccc2c(c1)-c1nc(-c3ncnn3C(C)C)cn1CCO2)N1CC(N(C)C)C1. The molecular weight excluding hydrogens is 390 g/mol. The van der Waals surface area contributed by atoms with E-state index in [1.165, 1.54) is 5.56 Å². The zero-order valence-corrected chi connectivity index (χ0v) is 19.0. The predicted molar refractivity (Wildman–Crippen MR) is 120 cm³/mol. The summed E-state index contributed by atoms with van der Waals surface area (Å²) in [7, 11) is 4.31. The molecule has 31 heavy (non-hydrogen) atoms. The van der Waals surface area contributed by atoms with Crippen LogP contribution in [0.1, 0.15) is 38.4 Å². The van der Waals surface area contributed by atoms with E-state index < -0.39 is 0 Å². The number of hydrogen-bond acceptors (Lipinski definition) is 6. The van der Waals surface area contributed by atoms with Gasteiger partial charge in [-0.25, -0.2) is 14.6 Å². The van der Waals surface area contributed by atoms with Crippen LogP contribution in [-0.2, 0) is 6.54 Å². The van der Waals surface area contributed by atoms with Crippen molar-refractivity contribution in [1.29, 1.82) is 0 Å². The molecule has 0 N–H and O–H groups in total. The quantitative estimate of drug-likeness (QED) is 0.631. The third-order valence-electron chi connectivity index (χ3n) is 6.55. The van der Waals surface area contributed by atoms with Crippen LogP contribution in [0.4, 0.5) is 0 Å². The molecule has 164 valence electrons. The smallest absolute Gasteiger partial charge is 0.178 e. The van der Waals surface area contributed by atoms with Gasteiger partial charge in [-0.2, -0.15) is 5.10 Å². The molecule has 0 aliphatic carbocycles. The standard InChI is InChI=1S/C23H31N7O/c1-15(2)30-23(24-14-25-30)20-13-28-8-9-31-21-7-6-17(10-19(21)22(28)26-20)16(3)29-11-18(12-29)27(4)5/h6-7,10,13-16,18H,8-9,11-12H2,1-5H3. The van der Waals surface area contributed by atoms with E-state index in [4.69, 9.17) is 9.72 Å². The summed E-state index contributed by atoms with van der Waals surface area (Å²) in [6, 6.07) is 7.78. The molecule has 1 fully saturated rings. The van der Waals surface area contributed by atoms with E-state index in [-0.39, 0.29) is 6.04 Å². The Kier molecular flexibility index (Phi) is 5.06. The molecule has 4 heterocycles. The van der Waals surface area contributed by atoms with Crippen LogP contribution in [0.5, 0.6) is 5.75 Å². The molecule has 3 aromatic rings. The minimum Gasteiger partial charge on any atom is -0.491 e. The summed E-state index contributed by atoms with van der Waals surface area (Å²) in [6.07, 6.45) is 3.68. The number of benzene rings is 1. The van der Waals surface area contributed by atoms with Gasteiger partial charge in [-0.3, -0.25) is 4.90 Å². The van der Waals surface area contributed by atoms with Gasteiger partial charge in [-0.1, -0.05) is 6.07 Å². The number of hydrogen-bond donors (Lipinski definition) is 0. The number of likely N-dealkylation sites (N-methyl/N-ethyl adjacent to an activating group) is 1. The van der Waals surface area contributed by atoms with Crippen LogP contribution in [0.15, 0.2) is 30.7 Å². The van der Waals surface area contributed by atoms with Gasteiger partial charge >= 0.3 is 0 Å². The maximum Gasteiger partial charge on any atom is 0.178 e. The van der Waals surface area contributed by atoms with Gasteiger partial charge in [-0.15, -0.1) is 0 Å². The van der Waals surface area contributed by atoms with Crippen molar-refractivity contribution in [2.75, 3.05) is 33.8 Å². The summed E-state index contributed by atoms with van der Waals surface area (Å²) in [6.45, 7) is 10.1. The fourth-order valence-corrected chi connectivity index (χ4v) is 4.42. The van der Waals surface area contributed by atoms with Gasteiger partial charge in [0.15, 0.2) is 5.82 Å². The Morgan fingerprint density at radius 2 is 1.94 bits per heavy atom. The third kappa shape index (κ3) is 3.53. The molecule has 0 saturated carbocycles. The first-order chi connectivity index (χ1) is 14.9. The Balaban J connectivity index is 1.49. The molecule has 1 saturated heterocycles. The number of fused-ring (bicyclic) bond motifs is 3. The Morgan fingerprint density at radius 3 is 2.68 bits per heavy atom. The highest BCUT2D eigenvalue weighted by atomic mass is 16.5. The first kappa shape index (κ1) is 20.2. The molecule has 8 nitrogen and oxygen atoms in total. The van der Waals surface area contributed by atoms with E-state index in [0.717, 1.165) is 48.3 Å². The van der Waals surface area contributed by atoms with Gasteiger partial charge in [0, 0.05) is 37.4 Å². The molecule has 2 aromatic heterocycles. The zero-order chi connectivity index (χ0) is 21.7. The number of aromatic nitrogens is 5. The molecule has 0 spiro atoms. The molecule has 1 atom stereocenters. The second-order valence-corrected chi connectivity index (χ2v) is 9.12. The number of likely N-dealkylation sites (tertiary alicyclic amines) is 1. The van der Waals surface area contributed by atoms with Crippen LogP contribution in [0.2, 0.25) is 0 Å². The van der Waals surface area contributed by atoms with Crippen molar-refractivity contribution < 1.29 is 4.74 Å². The fourth-order valence-electron chi connectivity index (χ4n) is 4.42. The molecule has 2 aliphatic heterocycles. The highest BCUT2D eigenvalue weighted by Crippen LogP contribution is 2.37. The molecule has 2 aliphatic rings. The average Bonchev–Trinajstić information content (AvgIpc) is 3.30. The lowest BCUT2D eigenvalue weighted by atomic mass is 9.98. The van der Waals surface area contributed by atoms with E-state index in [9.17, 15) is 0 Å². The first-order valence-electron chi connectivity index (χ1n) is 11.1. The van der Waals surface area contributed by atoms with E-state index >= 15 is 0 Å². The van der Waals surface area contributed by atoms with E-state index in [1.54, 1.807) is 6.33 Å². The predicted octanol–water partition coefficient (Wildman–Crippen LogP) is 3.09. The summed E-state index contributed by atoms with van der Waals surface area (Å²) < 4.78 is 10.2. The van der Waals surface area contributed by atoms with Gasteiger partial charge in [0.2, 0.25) is 0 Å². The topological polar surface area (TPSA) is 64.2 Å². The minimum atomic E-state index is 0.226. The average molecular weight is 422 g/mol. The van der Waals surface area contributed by atoms with E-state index in [0.29, 0.717) is 18.7 Å². The van der Waals surface area contributed by atoms with Crippen molar-refractivity contribution in [3.8, 4) is 28.7 Å². The van der Waals surface area contributed by atoms with Gasteiger partial charge < -0.3 is 14.2 Å². The van der Waals surface area contributed by atoms with Crippen LogP contribution in [0.25, 0.3) is 22.9 Å². The Bertz CT molecular complexity index is 1080. The maximum atomic E-state index is 6.05. The van der Waals surface area contributed by atoms with E-state index in [2.05, 4.69) is 83.7 Å². The summed E-state index contributed by atoms with van der Waals surface area (Å²) >= 11 is 0. The largest absolute Gasteiger partial charge is 0.491 e. The fraction of sp³-hybridized carbons (Fsp3) is 0.522. The summed E-state index contributed by atoms with van der Waals surface area (Å²) in [5.74, 6) is 2.63. The number of ether oxygens (including phenoxy) is 1. The van der Waals surface area contributed by atoms with Crippen molar-refractivity contribution in [2.24, 2.45) is 0 Å². The van der Waals surface area contributed by atoms with Crippen LogP contribution in [-0.4, -0.2) is 73.9 Å². The highest BCUT2D eigenvalue weighted by molar-refractivity contribution is 5.69. The Hall–Kier alpha value is -2.71. The van der Waals surface area contributed by atoms with Gasteiger partial charge in [0.05, 0.1) is 12.1 Å². The third-order valence-corrected chi connectivity index (χ3v) is 6.55. The monoisotopic (exact) mass is 421 g/mol. The summed E-state index contributed by atoms with van der Waals surface area (Å²) in [4.78, 5) is 14.3. The lowest BCUT2D eigenvalue weighted by molar-refractivity contribution is 0.0326. The molecule has 0 bridgehead atoms. The summed E-state index contributed by atoms with van der Waals surface area (Å²) in [5.41, 5.74) is 3.19. The van der Waals surface area contributed by atoms with Crippen molar-refractivity contribution in [3.63, 3.8) is 0 Å². The summed E-state index contributed by atoms with van der Waals surface area (Å²) in [5, 5.41) is 4.37. The second-order valence-electron chi connectivity index (χ2n) is 9.12. The normalized spacial score (nSPS) is 17.8. The van der Waals surface area contributed by atoms with Gasteiger partial charge in [0.1, 0.15) is 30.2 Å². The number of rotatable bonds is 5. The molecule has 0 radical (unpaired) electrons. The van der Waals surface area contributed by atoms with Crippen LogP contribution in [0, 0.1) is 0 Å². The first-order valence-corrected chi connectivity index (χ1v) is 11.1. The van der Waals surface area contributed by atoms with E-state index in [1.807, 2.05) is 4.68 Å². The molecule has 5 rings (SSSR count). The molecule has 8 heteroatoms. The Labute approximate surface area is 183 Å². The molecule has 1 aromatic carbocycles. The lowest BCUT2D eigenvalue weighted by Crippen LogP contribution is -2.57. The number of imidazole rings is 1. The van der Waals surface area contributed by atoms with Crippen molar-refractivity contribution >= 4 is 0 Å². The molecular formula is C23H31N7O. The number of nitrogens with zero attached hydrogens (tertiary/aromatic N) is 7. The maximum absolute atomic E-state index is 6.05. The van der Waals surface area contributed by atoms with Gasteiger partial charge in [0.25, 0.3) is 0 Å². The Morgan fingerprint density at radius 1 is 1.13 bits per heavy atom.